The fourth-order valence-electron chi connectivity index (χ4n) is 2.99. The van der Waals surface area contributed by atoms with Crippen LogP contribution in [-0.2, 0) is 0 Å². The number of thiocarbonyl (C=S) groups is 1. The Morgan fingerprint density at radius 1 is 0.912 bits per heavy atom. The van der Waals surface area contributed by atoms with E-state index < -0.39 is 5.91 Å². The van der Waals surface area contributed by atoms with Crippen LogP contribution in [0.1, 0.15) is 41.0 Å². The molecule has 0 spiro atoms. The zero-order chi connectivity index (χ0) is 24.5. The van der Waals surface area contributed by atoms with Gasteiger partial charge in [-0.15, -0.1) is 0 Å². The number of carbonyl (C=O) groups excluding carboxylic acids is 2. The van der Waals surface area contributed by atoms with Crippen molar-refractivity contribution in [3.8, 4) is 5.75 Å². The summed E-state index contributed by atoms with van der Waals surface area (Å²) in [5.74, 6) is -0.167. The minimum atomic E-state index is -0.400. The highest BCUT2D eigenvalue weighted by Gasteiger charge is 2.14. The molecule has 0 bridgehead atoms. The van der Waals surface area contributed by atoms with Crippen molar-refractivity contribution < 1.29 is 18.7 Å². The number of ether oxygens (including phenoxy) is 1. The minimum absolute atomic E-state index is 0.0816. The third kappa shape index (κ3) is 7.38. The van der Waals surface area contributed by atoms with Gasteiger partial charge in [-0.25, -0.2) is 4.39 Å². The van der Waals surface area contributed by atoms with Crippen molar-refractivity contribution in [1.29, 1.82) is 0 Å². The monoisotopic (exact) mass is 479 g/mol. The van der Waals surface area contributed by atoms with Crippen molar-refractivity contribution in [2.45, 2.75) is 20.3 Å². The van der Waals surface area contributed by atoms with E-state index in [1.807, 2.05) is 0 Å². The zero-order valence-corrected chi connectivity index (χ0v) is 19.7. The number of anilines is 2. The largest absolute Gasteiger partial charge is 0.493 e. The third-order valence-corrected chi connectivity index (χ3v) is 5.00. The maximum absolute atomic E-state index is 13.1. The van der Waals surface area contributed by atoms with Gasteiger partial charge in [0.2, 0.25) is 0 Å². The summed E-state index contributed by atoms with van der Waals surface area (Å²) >= 11 is 5.28. The second kappa shape index (κ2) is 11.9. The van der Waals surface area contributed by atoms with Crippen LogP contribution in [0.3, 0.4) is 0 Å². The van der Waals surface area contributed by atoms with Gasteiger partial charge in [0.25, 0.3) is 11.8 Å². The minimum Gasteiger partial charge on any atom is -0.493 e. The molecule has 0 aliphatic rings. The molecular weight excluding hydrogens is 453 g/mol. The summed E-state index contributed by atoms with van der Waals surface area (Å²) in [6.45, 7) is 4.72. The van der Waals surface area contributed by atoms with Crippen LogP contribution >= 0.6 is 12.2 Å². The molecule has 0 atom stereocenters. The van der Waals surface area contributed by atoms with Crippen LogP contribution in [0.25, 0.3) is 0 Å². The molecule has 3 N–H and O–H groups in total. The summed E-state index contributed by atoms with van der Waals surface area (Å²) in [7, 11) is 0. The first-order valence-electron chi connectivity index (χ1n) is 10.8. The van der Waals surface area contributed by atoms with E-state index >= 15 is 0 Å². The highest BCUT2D eigenvalue weighted by atomic mass is 32.1. The van der Waals surface area contributed by atoms with E-state index in [0.29, 0.717) is 40.8 Å². The molecule has 0 aromatic heterocycles. The Balaban J connectivity index is 1.60. The summed E-state index contributed by atoms with van der Waals surface area (Å²) in [5.41, 5.74) is 1.75. The Morgan fingerprint density at radius 2 is 1.65 bits per heavy atom. The predicted octanol–water partition coefficient (Wildman–Crippen LogP) is 5.63. The topological polar surface area (TPSA) is 79.5 Å². The molecule has 6 nitrogen and oxygen atoms in total. The Morgan fingerprint density at radius 3 is 2.38 bits per heavy atom. The zero-order valence-electron chi connectivity index (χ0n) is 18.9. The van der Waals surface area contributed by atoms with Crippen LogP contribution in [-0.4, -0.2) is 23.5 Å². The molecule has 0 saturated carbocycles. The molecule has 0 aliphatic carbocycles. The van der Waals surface area contributed by atoms with Crippen LogP contribution in [0.5, 0.6) is 5.75 Å². The number of carbonyl (C=O) groups is 2. The van der Waals surface area contributed by atoms with Gasteiger partial charge >= 0.3 is 0 Å². The summed E-state index contributed by atoms with van der Waals surface area (Å²) < 4.78 is 18.8. The van der Waals surface area contributed by atoms with E-state index in [0.717, 1.165) is 6.42 Å². The highest BCUT2D eigenvalue weighted by Crippen LogP contribution is 2.19. The molecule has 0 radical (unpaired) electrons. The van der Waals surface area contributed by atoms with Gasteiger partial charge in [0.05, 0.1) is 12.2 Å². The fourth-order valence-corrected chi connectivity index (χ4v) is 3.20. The highest BCUT2D eigenvalue weighted by molar-refractivity contribution is 7.80. The Kier molecular flexibility index (Phi) is 8.70. The normalized spacial score (nSPS) is 10.5. The van der Waals surface area contributed by atoms with Gasteiger partial charge in [-0.1, -0.05) is 32.0 Å². The molecule has 3 aromatic rings. The predicted molar refractivity (Wildman–Crippen MR) is 136 cm³/mol. The van der Waals surface area contributed by atoms with Crippen LogP contribution < -0.4 is 20.7 Å². The van der Waals surface area contributed by atoms with Crippen molar-refractivity contribution in [2.75, 3.05) is 17.2 Å². The molecule has 3 rings (SSSR count). The second-order valence-electron chi connectivity index (χ2n) is 7.98. The van der Waals surface area contributed by atoms with Crippen molar-refractivity contribution in [3.63, 3.8) is 0 Å². The Hall–Kier alpha value is -3.78. The number of rotatable bonds is 8. The van der Waals surface area contributed by atoms with Crippen molar-refractivity contribution in [3.05, 3.63) is 89.7 Å². The molecule has 3 aromatic carbocycles. The molecule has 0 saturated heterocycles. The number of benzene rings is 3. The quantitative estimate of drug-likeness (QED) is 0.365. The van der Waals surface area contributed by atoms with Gasteiger partial charge in [-0.05, 0) is 79.2 Å². The first-order valence-corrected chi connectivity index (χ1v) is 11.2. The number of nitrogens with one attached hydrogen (secondary N) is 3. The van der Waals surface area contributed by atoms with Crippen molar-refractivity contribution >= 4 is 40.5 Å². The van der Waals surface area contributed by atoms with Gasteiger partial charge in [0.15, 0.2) is 5.11 Å². The van der Waals surface area contributed by atoms with Crippen molar-refractivity contribution in [2.24, 2.45) is 5.92 Å². The smallest absolute Gasteiger partial charge is 0.261 e. The van der Waals surface area contributed by atoms with Crippen molar-refractivity contribution in [1.82, 2.24) is 5.32 Å². The first kappa shape index (κ1) is 24.9. The van der Waals surface area contributed by atoms with Crippen LogP contribution in [0.4, 0.5) is 15.8 Å². The Labute approximate surface area is 203 Å². The molecule has 176 valence electrons. The van der Waals surface area contributed by atoms with Gasteiger partial charge < -0.3 is 15.4 Å². The molecule has 2 amide bonds. The third-order valence-electron chi connectivity index (χ3n) is 4.80. The van der Waals surface area contributed by atoms with Gasteiger partial charge in [0, 0.05) is 16.9 Å². The lowest BCUT2D eigenvalue weighted by Gasteiger charge is -2.14. The number of halogens is 1. The van der Waals surface area contributed by atoms with E-state index in [1.54, 1.807) is 48.5 Å². The summed E-state index contributed by atoms with van der Waals surface area (Å²) in [5, 5.41) is 8.34. The second-order valence-corrected chi connectivity index (χ2v) is 8.39. The standard InChI is InChI=1S/C26H26FN3O3S/c1-17(2)14-15-33-23-9-4-3-8-22(23)25(32)30-26(34)29-21-7-5-6-18(16-21)24(31)28-20-12-10-19(27)11-13-20/h3-13,16-17H,14-15H2,1-2H3,(H,28,31)(H2,29,30,32,34). The number of amides is 2. The number of hydrogen-bond acceptors (Lipinski definition) is 4. The summed E-state index contributed by atoms with van der Waals surface area (Å²) in [6.07, 6.45) is 0.876. The van der Waals surface area contributed by atoms with Crippen LogP contribution in [0, 0.1) is 11.7 Å². The van der Waals surface area contributed by atoms with E-state index in [9.17, 15) is 14.0 Å². The molecule has 0 unspecified atom stereocenters. The van der Waals surface area contributed by atoms with E-state index in [4.69, 9.17) is 17.0 Å². The van der Waals surface area contributed by atoms with Gasteiger partial charge in [-0.3, -0.25) is 14.9 Å². The van der Waals surface area contributed by atoms with Crippen LogP contribution in [0.2, 0.25) is 0 Å². The first-order chi connectivity index (χ1) is 16.3. The lowest BCUT2D eigenvalue weighted by atomic mass is 10.1. The van der Waals surface area contributed by atoms with Gasteiger partial charge in [0.1, 0.15) is 11.6 Å². The van der Waals surface area contributed by atoms with E-state index in [-0.39, 0.29) is 16.8 Å². The SMILES string of the molecule is CC(C)CCOc1ccccc1C(=O)NC(=S)Nc1cccc(C(=O)Nc2ccc(F)cc2)c1. The lowest BCUT2D eigenvalue weighted by molar-refractivity contribution is 0.0972. The molecule has 8 heteroatoms. The average Bonchev–Trinajstić information content (AvgIpc) is 2.80. The van der Waals surface area contributed by atoms with E-state index in [2.05, 4.69) is 29.8 Å². The molecule has 0 fully saturated rings. The molecule has 34 heavy (non-hydrogen) atoms. The number of para-hydroxylation sites is 1. The Bertz CT molecular complexity index is 1170. The molecular formula is C26H26FN3O3S. The maximum atomic E-state index is 13.1. The van der Waals surface area contributed by atoms with Gasteiger partial charge in [-0.2, -0.15) is 0 Å². The number of hydrogen-bond donors (Lipinski definition) is 3. The summed E-state index contributed by atoms with van der Waals surface area (Å²) in [6, 6.07) is 19.1. The van der Waals surface area contributed by atoms with Crippen LogP contribution in [0.15, 0.2) is 72.8 Å². The lowest BCUT2D eigenvalue weighted by Crippen LogP contribution is -2.34. The molecule has 0 heterocycles. The molecule has 0 aliphatic heterocycles. The van der Waals surface area contributed by atoms with E-state index in [1.165, 1.54) is 24.3 Å². The summed E-state index contributed by atoms with van der Waals surface area (Å²) in [4.78, 5) is 25.3. The average molecular weight is 480 g/mol. The maximum Gasteiger partial charge on any atom is 0.261 e. The fraction of sp³-hybridized carbons (Fsp3) is 0.192.